The molecular formula is C18H15N7OS. The Morgan fingerprint density at radius 2 is 1.70 bits per heavy atom. The van der Waals surface area contributed by atoms with Gasteiger partial charge in [0.2, 0.25) is 0 Å². The van der Waals surface area contributed by atoms with Crippen molar-refractivity contribution in [2.75, 3.05) is 16.5 Å². The number of nitrogens with zero attached hydrogens (tertiary/aromatic N) is 3. The van der Waals surface area contributed by atoms with E-state index >= 15 is 0 Å². The zero-order valence-electron chi connectivity index (χ0n) is 14.0. The molecule has 0 aliphatic rings. The van der Waals surface area contributed by atoms with Gasteiger partial charge in [-0.3, -0.25) is 15.6 Å². The molecule has 2 aromatic carbocycles. The second-order valence-corrected chi connectivity index (χ2v) is 6.57. The molecule has 134 valence electrons. The zero-order chi connectivity index (χ0) is 18.6. The molecule has 5 N–H and O–H groups in total. The Hall–Kier alpha value is -3.72. The molecule has 0 bridgehead atoms. The van der Waals surface area contributed by atoms with E-state index < -0.39 is 0 Å². The highest BCUT2D eigenvalue weighted by molar-refractivity contribution is 7.22. The third kappa shape index (κ3) is 3.62. The molecule has 0 fully saturated rings. The van der Waals surface area contributed by atoms with Crippen molar-refractivity contribution in [1.82, 2.24) is 20.4 Å². The number of rotatable bonds is 5. The number of carbonyl (C=O) groups is 1. The van der Waals surface area contributed by atoms with E-state index in [-0.39, 0.29) is 17.4 Å². The first-order chi connectivity index (χ1) is 13.2. The van der Waals surface area contributed by atoms with Crippen LogP contribution in [-0.2, 0) is 0 Å². The molecule has 0 saturated carbocycles. The Kier molecular flexibility index (Phi) is 4.50. The first kappa shape index (κ1) is 16.7. The molecule has 27 heavy (non-hydrogen) atoms. The number of aromatic nitrogens is 3. The number of amides is 1. The average molecular weight is 377 g/mol. The van der Waals surface area contributed by atoms with E-state index in [2.05, 4.69) is 31.1 Å². The van der Waals surface area contributed by atoms with Gasteiger partial charge in [0.1, 0.15) is 12.0 Å². The molecule has 0 radical (unpaired) electrons. The number of nitrogens with two attached hydrogens (primary N) is 1. The van der Waals surface area contributed by atoms with Gasteiger partial charge in [-0.1, -0.05) is 41.7 Å². The summed E-state index contributed by atoms with van der Waals surface area (Å²) in [5.74, 6) is 0.396. The second kappa shape index (κ2) is 7.26. The van der Waals surface area contributed by atoms with Crippen molar-refractivity contribution in [3.05, 3.63) is 66.5 Å². The van der Waals surface area contributed by atoms with Crippen molar-refractivity contribution in [2.45, 2.75) is 0 Å². The minimum absolute atomic E-state index is 0.269. The highest BCUT2D eigenvalue weighted by Crippen LogP contribution is 2.30. The maximum absolute atomic E-state index is 12.1. The molecule has 0 aliphatic carbocycles. The molecule has 4 aromatic rings. The average Bonchev–Trinajstić information content (AvgIpc) is 3.11. The number of anilines is 4. The fourth-order valence-electron chi connectivity index (χ4n) is 2.40. The SMILES string of the molecule is Nc1c(NNC(=O)c2ccccc2)ncnc1Nc1nc2ccccc2s1. The van der Waals surface area contributed by atoms with Gasteiger partial charge in [-0.05, 0) is 24.3 Å². The summed E-state index contributed by atoms with van der Waals surface area (Å²) in [6.45, 7) is 0. The smallest absolute Gasteiger partial charge is 0.269 e. The number of hydrogen-bond acceptors (Lipinski definition) is 8. The molecule has 2 aromatic heterocycles. The Bertz CT molecular complexity index is 1060. The Morgan fingerprint density at radius 1 is 0.963 bits per heavy atom. The summed E-state index contributed by atoms with van der Waals surface area (Å²) in [7, 11) is 0. The summed E-state index contributed by atoms with van der Waals surface area (Å²) in [4.78, 5) is 24.8. The lowest BCUT2D eigenvalue weighted by molar-refractivity contribution is 0.0962. The van der Waals surface area contributed by atoms with Crippen LogP contribution in [0, 0.1) is 0 Å². The van der Waals surface area contributed by atoms with Crippen LogP contribution in [0.25, 0.3) is 10.2 Å². The van der Waals surface area contributed by atoms with Crippen LogP contribution in [0.1, 0.15) is 10.4 Å². The van der Waals surface area contributed by atoms with Crippen LogP contribution >= 0.6 is 11.3 Å². The van der Waals surface area contributed by atoms with Crippen LogP contribution < -0.4 is 21.9 Å². The van der Waals surface area contributed by atoms with Gasteiger partial charge in [0, 0.05) is 5.56 Å². The molecule has 0 spiro atoms. The largest absolute Gasteiger partial charge is 0.393 e. The molecule has 0 atom stereocenters. The summed E-state index contributed by atoms with van der Waals surface area (Å²) in [6, 6.07) is 16.7. The van der Waals surface area contributed by atoms with Gasteiger partial charge in [0.25, 0.3) is 5.91 Å². The molecule has 8 nitrogen and oxygen atoms in total. The number of hydrogen-bond donors (Lipinski definition) is 4. The van der Waals surface area contributed by atoms with E-state index in [0.29, 0.717) is 16.5 Å². The summed E-state index contributed by atoms with van der Waals surface area (Å²) in [6.07, 6.45) is 1.35. The fourth-order valence-corrected chi connectivity index (χ4v) is 3.26. The van der Waals surface area contributed by atoms with Gasteiger partial charge >= 0.3 is 0 Å². The highest BCUT2D eigenvalue weighted by Gasteiger charge is 2.12. The third-order valence-electron chi connectivity index (χ3n) is 3.73. The van der Waals surface area contributed by atoms with E-state index in [1.54, 1.807) is 24.3 Å². The second-order valence-electron chi connectivity index (χ2n) is 5.54. The topological polar surface area (TPSA) is 118 Å². The van der Waals surface area contributed by atoms with Crippen molar-refractivity contribution >= 4 is 49.9 Å². The monoisotopic (exact) mass is 377 g/mol. The van der Waals surface area contributed by atoms with Gasteiger partial charge in [-0.15, -0.1) is 0 Å². The van der Waals surface area contributed by atoms with Crippen LogP contribution in [-0.4, -0.2) is 20.9 Å². The van der Waals surface area contributed by atoms with E-state index in [0.717, 1.165) is 10.2 Å². The summed E-state index contributed by atoms with van der Waals surface area (Å²) in [5, 5.41) is 3.77. The first-order valence-corrected chi connectivity index (χ1v) is 8.87. The summed E-state index contributed by atoms with van der Waals surface area (Å²) < 4.78 is 1.06. The zero-order valence-corrected chi connectivity index (χ0v) is 14.8. The molecule has 1 amide bonds. The number of carbonyl (C=O) groups excluding carboxylic acids is 1. The van der Waals surface area contributed by atoms with Gasteiger partial charge in [-0.25, -0.2) is 15.0 Å². The molecular weight excluding hydrogens is 362 g/mol. The van der Waals surface area contributed by atoms with Crippen LogP contribution in [0.15, 0.2) is 60.9 Å². The maximum Gasteiger partial charge on any atom is 0.269 e. The minimum Gasteiger partial charge on any atom is -0.393 e. The maximum atomic E-state index is 12.1. The van der Waals surface area contributed by atoms with Crippen LogP contribution in [0.2, 0.25) is 0 Å². The lowest BCUT2D eigenvalue weighted by atomic mass is 10.2. The van der Waals surface area contributed by atoms with Crippen molar-refractivity contribution in [2.24, 2.45) is 0 Å². The van der Waals surface area contributed by atoms with Gasteiger partial charge in [-0.2, -0.15) is 0 Å². The Labute approximate surface area is 158 Å². The van der Waals surface area contributed by atoms with E-state index in [1.165, 1.54) is 17.7 Å². The lowest BCUT2D eigenvalue weighted by Gasteiger charge is -2.12. The van der Waals surface area contributed by atoms with Crippen LogP contribution in [0.5, 0.6) is 0 Å². The van der Waals surface area contributed by atoms with Crippen LogP contribution in [0.3, 0.4) is 0 Å². The number of nitrogen functional groups attached to an aromatic ring is 1. The van der Waals surface area contributed by atoms with E-state index in [4.69, 9.17) is 5.73 Å². The lowest BCUT2D eigenvalue weighted by Crippen LogP contribution is -2.30. The number of hydrazine groups is 1. The highest BCUT2D eigenvalue weighted by atomic mass is 32.1. The van der Waals surface area contributed by atoms with Gasteiger partial charge in [0.15, 0.2) is 16.8 Å². The van der Waals surface area contributed by atoms with Gasteiger partial charge < -0.3 is 11.1 Å². The quantitative estimate of drug-likeness (QED) is 0.395. The fraction of sp³-hybridized carbons (Fsp3) is 0. The Balaban J connectivity index is 1.50. The van der Waals surface area contributed by atoms with E-state index in [9.17, 15) is 4.79 Å². The number of thiazole rings is 1. The van der Waals surface area contributed by atoms with Crippen molar-refractivity contribution in [3.8, 4) is 0 Å². The summed E-state index contributed by atoms with van der Waals surface area (Å²) >= 11 is 1.49. The predicted molar refractivity (Wildman–Crippen MR) is 107 cm³/mol. The standard InChI is InChI=1S/C18H15N7OS/c19-14-15(23-18-22-12-8-4-5-9-13(12)27-18)20-10-21-16(14)24-25-17(26)11-6-2-1-3-7-11/h1-10H,19H2,(H,25,26)(H2,20,21,22,23,24). The number of para-hydroxylation sites is 1. The van der Waals surface area contributed by atoms with Gasteiger partial charge in [0.05, 0.1) is 10.2 Å². The normalized spacial score (nSPS) is 10.5. The molecule has 0 aliphatic heterocycles. The van der Waals surface area contributed by atoms with E-state index in [1.807, 2.05) is 30.3 Å². The molecule has 4 rings (SSSR count). The van der Waals surface area contributed by atoms with Crippen LogP contribution in [0.4, 0.5) is 22.5 Å². The third-order valence-corrected chi connectivity index (χ3v) is 4.69. The first-order valence-electron chi connectivity index (χ1n) is 8.05. The molecule has 9 heteroatoms. The Morgan fingerprint density at radius 3 is 2.52 bits per heavy atom. The van der Waals surface area contributed by atoms with Crippen molar-refractivity contribution < 1.29 is 4.79 Å². The van der Waals surface area contributed by atoms with Crippen molar-refractivity contribution in [1.29, 1.82) is 0 Å². The minimum atomic E-state index is -0.297. The number of benzene rings is 2. The number of nitrogens with one attached hydrogen (secondary N) is 3. The molecule has 0 unspecified atom stereocenters. The summed E-state index contributed by atoms with van der Waals surface area (Å²) in [5.41, 5.74) is 13.1. The molecule has 2 heterocycles. The van der Waals surface area contributed by atoms with Crippen molar-refractivity contribution in [3.63, 3.8) is 0 Å². The molecule has 0 saturated heterocycles. The predicted octanol–water partition coefficient (Wildman–Crippen LogP) is 3.17. The number of fused-ring (bicyclic) bond motifs is 1.